The monoisotopic (exact) mass is 384 g/mol. The molecule has 0 aliphatic carbocycles. The van der Waals surface area contributed by atoms with Crippen molar-refractivity contribution in [1.29, 1.82) is 0 Å². The number of nitrogens with one attached hydrogen (secondary N) is 1. The fourth-order valence-corrected chi connectivity index (χ4v) is 4.57. The molecule has 2 rings (SSSR count). The maximum Gasteiger partial charge on any atom is 0.326 e. The average molecular weight is 384 g/mol. The Morgan fingerprint density at radius 3 is 2.50 bits per heavy atom. The van der Waals surface area contributed by atoms with Gasteiger partial charge in [0.2, 0.25) is 10.0 Å². The van der Waals surface area contributed by atoms with Crippen molar-refractivity contribution < 1.29 is 27.9 Å². The number of hydrogen-bond donors (Lipinski definition) is 2. The zero-order valence-corrected chi connectivity index (χ0v) is 15.7. The Labute approximate surface area is 153 Å². The third-order valence-electron chi connectivity index (χ3n) is 4.29. The fourth-order valence-electron chi connectivity index (χ4n) is 2.87. The van der Waals surface area contributed by atoms with Gasteiger partial charge in [0.1, 0.15) is 16.7 Å². The second-order valence-electron chi connectivity index (χ2n) is 6.13. The molecule has 0 spiro atoms. The van der Waals surface area contributed by atoms with Crippen molar-refractivity contribution in [2.75, 3.05) is 20.2 Å². The number of methoxy groups -OCH3 is 1. The molecule has 144 valence electrons. The van der Waals surface area contributed by atoms with Gasteiger partial charge in [0.15, 0.2) is 0 Å². The third-order valence-corrected chi connectivity index (χ3v) is 6.21. The van der Waals surface area contributed by atoms with Crippen LogP contribution in [0.1, 0.15) is 43.0 Å². The summed E-state index contributed by atoms with van der Waals surface area (Å²) in [6, 6.07) is 3.05. The van der Waals surface area contributed by atoms with Gasteiger partial charge >= 0.3 is 5.97 Å². The molecule has 1 aliphatic rings. The van der Waals surface area contributed by atoms with E-state index in [0.717, 1.165) is 12.8 Å². The van der Waals surface area contributed by atoms with Gasteiger partial charge in [-0.15, -0.1) is 0 Å². The molecular weight excluding hydrogens is 360 g/mol. The summed E-state index contributed by atoms with van der Waals surface area (Å²) in [6.45, 7) is 2.68. The molecule has 1 fully saturated rings. The number of rotatable bonds is 8. The number of benzene rings is 1. The minimum absolute atomic E-state index is 0.0749. The summed E-state index contributed by atoms with van der Waals surface area (Å²) in [6.07, 6.45) is 2.46. The molecule has 1 aliphatic heterocycles. The summed E-state index contributed by atoms with van der Waals surface area (Å²) < 4.78 is 32.2. The molecule has 1 aromatic rings. The Bertz CT molecular complexity index is 771. The van der Waals surface area contributed by atoms with E-state index in [-0.39, 0.29) is 22.6 Å². The summed E-state index contributed by atoms with van der Waals surface area (Å²) in [5.74, 6) is -1.61. The molecule has 1 heterocycles. The molecule has 1 saturated heterocycles. The van der Waals surface area contributed by atoms with Gasteiger partial charge in [-0.25, -0.2) is 13.2 Å². The molecule has 0 aromatic heterocycles. The Morgan fingerprint density at radius 2 is 1.96 bits per heavy atom. The normalized spacial score (nSPS) is 16.2. The van der Waals surface area contributed by atoms with Crippen molar-refractivity contribution in [2.24, 2.45) is 0 Å². The van der Waals surface area contributed by atoms with E-state index in [2.05, 4.69) is 5.32 Å². The van der Waals surface area contributed by atoms with Crippen LogP contribution in [0, 0.1) is 0 Å². The van der Waals surface area contributed by atoms with Gasteiger partial charge in [-0.2, -0.15) is 4.31 Å². The first-order valence-corrected chi connectivity index (χ1v) is 9.97. The van der Waals surface area contributed by atoms with E-state index in [1.807, 2.05) is 6.92 Å². The molecule has 2 N–H and O–H groups in total. The number of sulfonamides is 1. The summed E-state index contributed by atoms with van der Waals surface area (Å²) >= 11 is 0. The van der Waals surface area contributed by atoms with Crippen molar-refractivity contribution in [1.82, 2.24) is 9.62 Å². The lowest BCUT2D eigenvalue weighted by Gasteiger charge is -2.19. The lowest BCUT2D eigenvalue weighted by atomic mass is 10.1. The SMILES string of the molecule is CCCC(NC(=O)c1ccc(OC)c(S(=O)(=O)N2CCCC2)c1)C(=O)O. The van der Waals surface area contributed by atoms with Crippen molar-refractivity contribution in [3.63, 3.8) is 0 Å². The van der Waals surface area contributed by atoms with Crippen LogP contribution in [-0.4, -0.2) is 55.9 Å². The van der Waals surface area contributed by atoms with Crippen molar-refractivity contribution in [3.05, 3.63) is 23.8 Å². The van der Waals surface area contributed by atoms with Crippen LogP contribution in [0.15, 0.2) is 23.1 Å². The average Bonchev–Trinajstić information content (AvgIpc) is 3.16. The number of carbonyl (C=O) groups is 2. The Morgan fingerprint density at radius 1 is 1.31 bits per heavy atom. The van der Waals surface area contributed by atoms with Gasteiger partial charge in [-0.05, 0) is 37.5 Å². The molecular formula is C17H24N2O6S. The molecule has 26 heavy (non-hydrogen) atoms. The number of aliphatic carboxylic acids is 1. The van der Waals surface area contributed by atoms with E-state index in [0.29, 0.717) is 19.5 Å². The lowest BCUT2D eigenvalue weighted by molar-refractivity contribution is -0.139. The standard InChI is InChI=1S/C17H24N2O6S/c1-3-6-13(17(21)22)18-16(20)12-7-8-14(25-2)15(11-12)26(23,24)19-9-4-5-10-19/h7-8,11,13H,3-6,9-10H2,1-2H3,(H,18,20)(H,21,22). The first-order chi connectivity index (χ1) is 12.3. The van der Waals surface area contributed by atoms with E-state index < -0.39 is 27.9 Å². The molecule has 1 unspecified atom stereocenters. The van der Waals surface area contributed by atoms with E-state index in [1.54, 1.807) is 0 Å². The quantitative estimate of drug-likeness (QED) is 0.702. The highest BCUT2D eigenvalue weighted by Crippen LogP contribution is 2.29. The van der Waals surface area contributed by atoms with Gasteiger partial charge in [0, 0.05) is 18.7 Å². The van der Waals surface area contributed by atoms with Crippen LogP contribution < -0.4 is 10.1 Å². The number of hydrogen-bond acceptors (Lipinski definition) is 5. The lowest BCUT2D eigenvalue weighted by Crippen LogP contribution is -2.40. The van der Waals surface area contributed by atoms with E-state index in [1.165, 1.54) is 29.6 Å². The number of carboxylic acids is 1. The molecule has 8 nitrogen and oxygen atoms in total. The number of carboxylic acid groups (broad SMARTS) is 1. The smallest absolute Gasteiger partial charge is 0.326 e. The second-order valence-corrected chi connectivity index (χ2v) is 8.04. The summed E-state index contributed by atoms with van der Waals surface area (Å²) in [4.78, 5) is 23.5. The van der Waals surface area contributed by atoms with Crippen LogP contribution >= 0.6 is 0 Å². The van der Waals surface area contributed by atoms with Gasteiger partial charge in [-0.3, -0.25) is 4.79 Å². The molecule has 0 saturated carbocycles. The number of nitrogens with zero attached hydrogens (tertiary/aromatic N) is 1. The molecule has 0 radical (unpaired) electrons. The number of carbonyl (C=O) groups excluding carboxylic acids is 1. The van der Waals surface area contributed by atoms with Crippen LogP contribution in [0.25, 0.3) is 0 Å². The Hall–Kier alpha value is -2.13. The minimum atomic E-state index is -3.78. The van der Waals surface area contributed by atoms with Gasteiger partial charge in [0.25, 0.3) is 5.91 Å². The summed E-state index contributed by atoms with van der Waals surface area (Å²) in [5, 5.41) is 11.6. The highest BCUT2D eigenvalue weighted by Gasteiger charge is 2.31. The predicted molar refractivity (Wildman–Crippen MR) is 94.8 cm³/mol. The Balaban J connectivity index is 2.34. The molecule has 9 heteroatoms. The largest absolute Gasteiger partial charge is 0.495 e. The van der Waals surface area contributed by atoms with Crippen LogP contribution in [0.3, 0.4) is 0 Å². The third kappa shape index (κ3) is 4.34. The Kier molecular flexibility index (Phi) is 6.60. The summed E-state index contributed by atoms with van der Waals surface area (Å²) in [7, 11) is -2.42. The molecule has 1 atom stereocenters. The fraction of sp³-hybridized carbons (Fsp3) is 0.529. The van der Waals surface area contributed by atoms with Crippen molar-refractivity contribution in [2.45, 2.75) is 43.5 Å². The van der Waals surface area contributed by atoms with Gasteiger partial charge in [-0.1, -0.05) is 13.3 Å². The second kappa shape index (κ2) is 8.50. The number of amides is 1. The zero-order valence-electron chi connectivity index (χ0n) is 14.9. The number of ether oxygens (including phenoxy) is 1. The van der Waals surface area contributed by atoms with Crippen LogP contribution in [0.4, 0.5) is 0 Å². The first-order valence-electron chi connectivity index (χ1n) is 8.53. The van der Waals surface area contributed by atoms with Crippen molar-refractivity contribution >= 4 is 21.9 Å². The van der Waals surface area contributed by atoms with Gasteiger partial charge in [0.05, 0.1) is 7.11 Å². The minimum Gasteiger partial charge on any atom is -0.495 e. The first kappa shape index (κ1) is 20.2. The van der Waals surface area contributed by atoms with Crippen molar-refractivity contribution in [3.8, 4) is 5.75 Å². The van der Waals surface area contributed by atoms with E-state index >= 15 is 0 Å². The van der Waals surface area contributed by atoms with Gasteiger partial charge < -0.3 is 15.2 Å². The van der Waals surface area contributed by atoms with E-state index in [9.17, 15) is 23.1 Å². The highest BCUT2D eigenvalue weighted by atomic mass is 32.2. The van der Waals surface area contributed by atoms with E-state index in [4.69, 9.17) is 4.74 Å². The maximum atomic E-state index is 12.8. The maximum absolute atomic E-state index is 12.8. The summed E-state index contributed by atoms with van der Waals surface area (Å²) in [5.41, 5.74) is 0.0749. The zero-order chi connectivity index (χ0) is 19.3. The molecule has 1 amide bonds. The van der Waals surface area contributed by atoms with Crippen LogP contribution in [0.2, 0.25) is 0 Å². The highest BCUT2D eigenvalue weighted by molar-refractivity contribution is 7.89. The molecule has 0 bridgehead atoms. The topological polar surface area (TPSA) is 113 Å². The van der Waals surface area contributed by atoms with Crippen LogP contribution in [0.5, 0.6) is 5.75 Å². The van der Waals surface area contributed by atoms with Crippen LogP contribution in [-0.2, 0) is 14.8 Å². The predicted octanol–water partition coefficient (Wildman–Crippen LogP) is 1.46. The molecule has 1 aromatic carbocycles.